The summed E-state index contributed by atoms with van der Waals surface area (Å²) in [7, 11) is 0. The summed E-state index contributed by atoms with van der Waals surface area (Å²) in [6.07, 6.45) is 11.3. The van der Waals surface area contributed by atoms with Crippen LogP contribution in [0.15, 0.2) is 54.9 Å². The van der Waals surface area contributed by atoms with E-state index in [4.69, 9.17) is 5.26 Å². The van der Waals surface area contributed by atoms with Crippen molar-refractivity contribution in [2.75, 3.05) is 0 Å². The third-order valence-corrected chi connectivity index (χ3v) is 5.97. The Hall–Kier alpha value is -2.47. The zero-order chi connectivity index (χ0) is 19.8. The molecule has 1 fully saturated rings. The van der Waals surface area contributed by atoms with E-state index in [0.717, 1.165) is 42.7 Å². The second-order valence-electron chi connectivity index (χ2n) is 7.76. The maximum absolute atomic E-state index is 14.1. The highest BCUT2D eigenvalue weighted by Crippen LogP contribution is 2.41. The van der Waals surface area contributed by atoms with Gasteiger partial charge < -0.3 is 0 Å². The number of hydrogen-bond donors (Lipinski definition) is 0. The molecule has 0 atom stereocenters. The average molecular weight is 379 g/mol. The zero-order valence-corrected chi connectivity index (χ0v) is 16.2. The number of rotatable bonds is 7. The van der Waals surface area contributed by atoms with E-state index in [1.807, 2.05) is 18.2 Å². The zero-order valence-electron chi connectivity index (χ0n) is 16.2. The highest BCUT2D eigenvalue weighted by atomic mass is 19.1. The van der Waals surface area contributed by atoms with Gasteiger partial charge in [-0.3, -0.25) is 0 Å². The molecule has 1 aliphatic rings. The summed E-state index contributed by atoms with van der Waals surface area (Å²) in [6.45, 7) is 0. The Balaban J connectivity index is 1.64. The Morgan fingerprint density at radius 3 is 2.54 bits per heavy atom. The molecule has 1 nitrogen and oxygen atoms in total. The molecule has 0 amide bonds. The van der Waals surface area contributed by atoms with Gasteiger partial charge in [-0.15, -0.1) is 0 Å². The summed E-state index contributed by atoms with van der Waals surface area (Å²) in [5, 5.41) is 8.96. The van der Waals surface area contributed by atoms with Crippen LogP contribution in [-0.4, -0.2) is 0 Å². The van der Waals surface area contributed by atoms with Crippen molar-refractivity contribution < 1.29 is 8.78 Å². The largest absolute Gasteiger partial charge is 0.216 e. The first-order valence-corrected chi connectivity index (χ1v) is 10.3. The molecule has 3 rings (SSSR count). The second-order valence-corrected chi connectivity index (χ2v) is 7.76. The monoisotopic (exact) mass is 379 g/mol. The van der Waals surface area contributed by atoms with Crippen LogP contribution in [0.1, 0.15) is 68.4 Å². The Morgan fingerprint density at radius 1 is 1.04 bits per heavy atom. The van der Waals surface area contributed by atoms with Crippen LogP contribution in [0.4, 0.5) is 8.78 Å². The summed E-state index contributed by atoms with van der Waals surface area (Å²) < 4.78 is 26.1. The van der Waals surface area contributed by atoms with Crippen molar-refractivity contribution in [1.29, 1.82) is 5.26 Å². The molecule has 0 saturated heterocycles. The molecular formula is C25H27F2N. The van der Waals surface area contributed by atoms with E-state index in [-0.39, 0.29) is 5.56 Å². The van der Waals surface area contributed by atoms with Crippen LogP contribution in [0.25, 0.3) is 11.1 Å². The topological polar surface area (TPSA) is 23.8 Å². The Kier molecular flexibility index (Phi) is 7.37. The third kappa shape index (κ3) is 5.07. The minimum Gasteiger partial charge on any atom is -0.216 e. The first-order chi connectivity index (χ1) is 13.7. The summed E-state index contributed by atoms with van der Waals surface area (Å²) in [5.74, 6) is 0.812. The van der Waals surface area contributed by atoms with Gasteiger partial charge in [0, 0.05) is 0 Å². The second kappa shape index (κ2) is 10.2. The molecule has 0 aliphatic heterocycles. The summed E-state index contributed by atoms with van der Waals surface area (Å²) in [5.41, 5.74) is 3.30. The normalized spacial score (nSPS) is 19.6. The minimum absolute atomic E-state index is 0.0868. The smallest absolute Gasteiger partial charge is 0.141 e. The standard InChI is InChI=1S/C25H27F2N/c26-16-6-2-1-3-7-19-10-12-20(13-11-19)23-8-4-5-9-24(23)21-14-15-22(18-28)25(27)17-21/h4-6,8-9,14-17,19-20H,1-3,7,10-13H2. The van der Waals surface area contributed by atoms with Gasteiger partial charge in [-0.25, -0.2) is 8.78 Å². The number of hydrogen-bond acceptors (Lipinski definition) is 1. The summed E-state index contributed by atoms with van der Waals surface area (Å²) in [4.78, 5) is 0. The predicted molar refractivity (Wildman–Crippen MR) is 110 cm³/mol. The highest BCUT2D eigenvalue weighted by molar-refractivity contribution is 5.69. The molecule has 0 N–H and O–H groups in total. The molecule has 0 aromatic heterocycles. The van der Waals surface area contributed by atoms with Crippen molar-refractivity contribution >= 4 is 0 Å². The van der Waals surface area contributed by atoms with Gasteiger partial charge in [-0.2, -0.15) is 5.26 Å². The van der Waals surface area contributed by atoms with Crippen LogP contribution in [0.3, 0.4) is 0 Å². The Bertz CT molecular complexity index is 842. The maximum Gasteiger partial charge on any atom is 0.141 e. The molecule has 2 aromatic rings. The molecule has 3 heteroatoms. The number of benzene rings is 2. The van der Waals surface area contributed by atoms with Gasteiger partial charge in [-0.1, -0.05) is 49.2 Å². The first-order valence-electron chi connectivity index (χ1n) is 10.3. The van der Waals surface area contributed by atoms with Gasteiger partial charge in [0.1, 0.15) is 11.9 Å². The fourth-order valence-corrected chi connectivity index (χ4v) is 4.41. The van der Waals surface area contributed by atoms with Crippen LogP contribution in [0.2, 0.25) is 0 Å². The van der Waals surface area contributed by atoms with Crippen molar-refractivity contribution in [1.82, 2.24) is 0 Å². The molecule has 0 unspecified atom stereocenters. The molecule has 2 aromatic carbocycles. The SMILES string of the molecule is N#Cc1ccc(-c2ccccc2C2CCC(CCCCC=CF)CC2)cc1F. The van der Waals surface area contributed by atoms with Crippen molar-refractivity contribution in [3.05, 3.63) is 71.8 Å². The van der Waals surface area contributed by atoms with Crippen molar-refractivity contribution in [3.63, 3.8) is 0 Å². The van der Waals surface area contributed by atoms with Crippen LogP contribution in [0, 0.1) is 23.1 Å². The Morgan fingerprint density at radius 2 is 1.82 bits per heavy atom. The molecule has 146 valence electrons. The van der Waals surface area contributed by atoms with Gasteiger partial charge in [0.05, 0.1) is 11.9 Å². The van der Waals surface area contributed by atoms with Gasteiger partial charge >= 0.3 is 0 Å². The summed E-state index contributed by atoms with van der Waals surface area (Å²) in [6, 6.07) is 15.1. The maximum atomic E-state index is 14.1. The van der Waals surface area contributed by atoms with Gasteiger partial charge in [0.25, 0.3) is 0 Å². The predicted octanol–water partition coefficient (Wildman–Crippen LogP) is 7.68. The molecule has 1 saturated carbocycles. The fourth-order valence-electron chi connectivity index (χ4n) is 4.41. The molecule has 28 heavy (non-hydrogen) atoms. The minimum atomic E-state index is -0.457. The van der Waals surface area contributed by atoms with E-state index in [0.29, 0.717) is 12.2 Å². The quantitative estimate of drug-likeness (QED) is 0.453. The van der Waals surface area contributed by atoms with E-state index < -0.39 is 5.82 Å². The Labute approximate surface area is 166 Å². The van der Waals surface area contributed by atoms with Crippen LogP contribution in [-0.2, 0) is 0 Å². The third-order valence-electron chi connectivity index (χ3n) is 5.97. The van der Waals surface area contributed by atoms with Crippen molar-refractivity contribution in [3.8, 4) is 17.2 Å². The van der Waals surface area contributed by atoms with Crippen molar-refractivity contribution in [2.45, 2.75) is 57.3 Å². The number of halogens is 2. The van der Waals surface area contributed by atoms with Crippen LogP contribution >= 0.6 is 0 Å². The lowest BCUT2D eigenvalue weighted by molar-refractivity contribution is 0.303. The van der Waals surface area contributed by atoms with E-state index in [2.05, 4.69) is 18.2 Å². The lowest BCUT2D eigenvalue weighted by atomic mass is 9.75. The molecular weight excluding hydrogens is 352 g/mol. The van der Waals surface area contributed by atoms with Gasteiger partial charge in [0.15, 0.2) is 0 Å². The van der Waals surface area contributed by atoms with Crippen LogP contribution < -0.4 is 0 Å². The lowest BCUT2D eigenvalue weighted by Crippen LogP contribution is -2.14. The van der Waals surface area contributed by atoms with Gasteiger partial charge in [-0.05, 0) is 79.2 Å². The number of unbranched alkanes of at least 4 members (excludes halogenated alkanes) is 2. The van der Waals surface area contributed by atoms with Crippen molar-refractivity contribution in [2.24, 2.45) is 5.92 Å². The molecule has 0 heterocycles. The molecule has 0 radical (unpaired) electrons. The first kappa shape index (κ1) is 20.3. The number of nitriles is 1. The highest BCUT2D eigenvalue weighted by Gasteiger charge is 2.24. The van der Waals surface area contributed by atoms with Crippen LogP contribution in [0.5, 0.6) is 0 Å². The average Bonchev–Trinajstić information content (AvgIpc) is 2.74. The van der Waals surface area contributed by atoms with E-state index >= 15 is 0 Å². The lowest BCUT2D eigenvalue weighted by Gasteiger charge is -2.30. The van der Waals surface area contributed by atoms with E-state index in [9.17, 15) is 8.78 Å². The molecule has 0 bridgehead atoms. The fraction of sp³-hybridized carbons (Fsp3) is 0.400. The van der Waals surface area contributed by atoms with E-state index in [1.54, 1.807) is 12.1 Å². The number of allylic oxidation sites excluding steroid dienone is 1. The summed E-state index contributed by atoms with van der Waals surface area (Å²) >= 11 is 0. The number of nitrogens with zero attached hydrogens (tertiary/aromatic N) is 1. The molecule has 1 aliphatic carbocycles. The van der Waals surface area contributed by atoms with Gasteiger partial charge in [0.2, 0.25) is 0 Å². The molecule has 0 spiro atoms. The van der Waals surface area contributed by atoms with E-state index in [1.165, 1.54) is 37.3 Å².